The van der Waals surface area contributed by atoms with E-state index in [2.05, 4.69) is 10.6 Å². The molecular weight excluding hydrogens is 530 g/mol. The van der Waals surface area contributed by atoms with Crippen LogP contribution in [0.2, 0.25) is 0 Å². The lowest BCUT2D eigenvalue weighted by Crippen LogP contribution is -2.58. The molecule has 3 N–H and O–H groups in total. The highest BCUT2D eigenvalue weighted by molar-refractivity contribution is 8.00. The number of aliphatic hydroxyl groups is 1. The summed E-state index contributed by atoms with van der Waals surface area (Å²) in [6.45, 7) is 6.20. The number of hydrogen-bond acceptors (Lipinski definition) is 6. The summed E-state index contributed by atoms with van der Waals surface area (Å²) in [6, 6.07) is 17.5. The smallest absolute Gasteiger partial charge is 0.254 e. The lowest BCUT2D eigenvalue weighted by molar-refractivity contribution is -0.147. The van der Waals surface area contributed by atoms with Gasteiger partial charge in [-0.1, -0.05) is 54.6 Å². The van der Waals surface area contributed by atoms with E-state index in [1.54, 1.807) is 0 Å². The second-order valence-corrected chi connectivity index (χ2v) is 12.7. The summed E-state index contributed by atoms with van der Waals surface area (Å²) in [6.07, 6.45) is -1.08. The van der Waals surface area contributed by atoms with Crippen molar-refractivity contribution in [3.63, 3.8) is 0 Å². The fraction of sp³-hybridized carbons (Fsp3) is 0.367. The zero-order valence-electron chi connectivity index (χ0n) is 22.4. The van der Waals surface area contributed by atoms with Gasteiger partial charge in [0.05, 0.1) is 18.3 Å². The third kappa shape index (κ3) is 7.29. The minimum absolute atomic E-state index is 0.159. The van der Waals surface area contributed by atoms with Gasteiger partial charge in [0.1, 0.15) is 6.04 Å². The van der Waals surface area contributed by atoms with Crippen molar-refractivity contribution in [2.75, 3.05) is 5.88 Å². The Bertz CT molecular complexity index is 1280. The average molecular weight is 566 g/mol. The zero-order valence-corrected chi connectivity index (χ0v) is 24.1. The molecule has 0 unspecified atom stereocenters. The van der Waals surface area contributed by atoms with Gasteiger partial charge in [-0.2, -0.15) is 11.3 Å². The molecule has 3 amide bonds. The zero-order chi connectivity index (χ0) is 28.0. The summed E-state index contributed by atoms with van der Waals surface area (Å²) >= 11 is 3.00. The van der Waals surface area contributed by atoms with Gasteiger partial charge in [0, 0.05) is 11.3 Å². The number of rotatable bonds is 10. The first-order valence-corrected chi connectivity index (χ1v) is 14.9. The molecule has 39 heavy (non-hydrogen) atoms. The normalized spacial score (nSPS) is 17.8. The Kier molecular flexibility index (Phi) is 9.48. The minimum Gasteiger partial charge on any atom is -0.381 e. The molecule has 3 atom stereocenters. The Morgan fingerprint density at radius 3 is 2.46 bits per heavy atom. The van der Waals surface area contributed by atoms with Gasteiger partial charge in [-0.3, -0.25) is 14.4 Å². The quantitative estimate of drug-likeness (QED) is 0.348. The molecule has 2 heterocycles. The van der Waals surface area contributed by atoms with Gasteiger partial charge in [-0.05, 0) is 66.3 Å². The van der Waals surface area contributed by atoms with Crippen LogP contribution in [0.25, 0.3) is 0 Å². The Morgan fingerprint density at radius 1 is 1.05 bits per heavy atom. The molecule has 0 bridgehead atoms. The number of thiophene rings is 1. The molecule has 3 aromatic rings. The first kappa shape index (κ1) is 28.9. The molecule has 1 aromatic heterocycles. The van der Waals surface area contributed by atoms with E-state index in [9.17, 15) is 19.5 Å². The highest BCUT2D eigenvalue weighted by atomic mass is 32.2. The van der Waals surface area contributed by atoms with Crippen molar-refractivity contribution in [1.29, 1.82) is 0 Å². The summed E-state index contributed by atoms with van der Waals surface area (Å²) in [7, 11) is 0. The minimum atomic E-state index is -1.52. The van der Waals surface area contributed by atoms with Gasteiger partial charge in [-0.25, -0.2) is 0 Å². The number of carbonyl (C=O) groups excluding carboxylic acids is 3. The molecule has 4 rings (SSSR count). The third-order valence-electron chi connectivity index (χ3n) is 7.02. The predicted octanol–water partition coefficient (Wildman–Crippen LogP) is 3.68. The lowest BCUT2D eigenvalue weighted by atomic mass is 9.97. The summed E-state index contributed by atoms with van der Waals surface area (Å²) in [5.41, 5.74) is 3.83. The number of aliphatic hydroxyl groups excluding tert-OH is 1. The van der Waals surface area contributed by atoms with Crippen molar-refractivity contribution in [3.05, 3.63) is 93.7 Å². The van der Waals surface area contributed by atoms with Gasteiger partial charge in [0.2, 0.25) is 11.8 Å². The molecule has 206 valence electrons. The molecule has 1 saturated heterocycles. The van der Waals surface area contributed by atoms with Crippen molar-refractivity contribution < 1.29 is 19.5 Å². The van der Waals surface area contributed by atoms with Crippen molar-refractivity contribution in [3.8, 4) is 0 Å². The lowest BCUT2D eigenvalue weighted by Gasteiger charge is -2.33. The van der Waals surface area contributed by atoms with E-state index in [0.29, 0.717) is 6.54 Å². The molecule has 1 aliphatic rings. The van der Waals surface area contributed by atoms with E-state index in [-0.39, 0.29) is 30.5 Å². The fourth-order valence-electron chi connectivity index (χ4n) is 4.79. The average Bonchev–Trinajstić information content (AvgIpc) is 3.54. The van der Waals surface area contributed by atoms with Gasteiger partial charge in [0.15, 0.2) is 6.10 Å². The third-order valence-corrected chi connectivity index (χ3v) is 9.12. The Labute approximate surface area is 238 Å². The van der Waals surface area contributed by atoms with E-state index in [4.69, 9.17) is 0 Å². The van der Waals surface area contributed by atoms with Crippen LogP contribution in [-0.4, -0.2) is 56.5 Å². The van der Waals surface area contributed by atoms with Crippen molar-refractivity contribution in [1.82, 2.24) is 15.5 Å². The number of nitrogens with one attached hydrogen (secondary N) is 2. The van der Waals surface area contributed by atoms with Gasteiger partial charge < -0.3 is 20.6 Å². The molecule has 7 nitrogen and oxygen atoms in total. The maximum absolute atomic E-state index is 13.7. The van der Waals surface area contributed by atoms with Crippen molar-refractivity contribution >= 4 is 40.8 Å². The first-order valence-electron chi connectivity index (χ1n) is 12.9. The Balaban J connectivity index is 1.50. The van der Waals surface area contributed by atoms with Crippen molar-refractivity contribution in [2.24, 2.45) is 0 Å². The van der Waals surface area contributed by atoms with Gasteiger partial charge in [-0.15, -0.1) is 11.8 Å². The second kappa shape index (κ2) is 12.8. The van der Waals surface area contributed by atoms with Crippen LogP contribution in [-0.2, 0) is 33.8 Å². The molecular formula is C30H35N3O4S2. The number of benzene rings is 2. The second-order valence-electron chi connectivity index (χ2n) is 10.3. The van der Waals surface area contributed by atoms with Gasteiger partial charge >= 0.3 is 0 Å². The highest BCUT2D eigenvalue weighted by Gasteiger charge is 2.49. The van der Waals surface area contributed by atoms with Gasteiger partial charge in [0.25, 0.3) is 5.91 Å². The summed E-state index contributed by atoms with van der Waals surface area (Å²) in [5, 5.41) is 21.0. The van der Waals surface area contributed by atoms with E-state index in [1.165, 1.54) is 28.0 Å². The number of thioether (sulfide) groups is 1. The van der Waals surface area contributed by atoms with Crippen molar-refractivity contribution in [2.45, 2.75) is 63.1 Å². The summed E-state index contributed by atoms with van der Waals surface area (Å²) in [5.74, 6) is -0.840. The number of amides is 3. The molecule has 0 saturated carbocycles. The Hall–Kier alpha value is -3.14. The maximum Gasteiger partial charge on any atom is 0.254 e. The van der Waals surface area contributed by atoms with E-state index in [1.807, 2.05) is 92.2 Å². The van der Waals surface area contributed by atoms with E-state index >= 15 is 0 Å². The molecule has 9 heteroatoms. The van der Waals surface area contributed by atoms with Crippen LogP contribution in [0.5, 0.6) is 0 Å². The van der Waals surface area contributed by atoms with Crippen LogP contribution in [0.1, 0.15) is 36.1 Å². The van der Waals surface area contributed by atoms with Crippen LogP contribution in [0, 0.1) is 6.92 Å². The molecule has 0 spiro atoms. The molecule has 1 fully saturated rings. The van der Waals surface area contributed by atoms with Crippen LogP contribution in [0.4, 0.5) is 0 Å². The standard InChI is InChI=1S/C30H35N3O4S2/c1-20-9-7-8-12-23(20)17-31-28(36)27-30(2,3)39-19-33(27)29(37)26(35)24(15-21-10-5-4-6-11-21)32-25(34)16-22-13-14-38-18-22/h4-14,18,24,26-27,35H,15-17,19H2,1-3H3,(H,31,36)(H,32,34)/t24-,26-,27+/m0/s1. The molecule has 2 aromatic carbocycles. The van der Waals surface area contributed by atoms with Crippen LogP contribution < -0.4 is 10.6 Å². The fourth-order valence-corrected chi connectivity index (χ4v) is 6.60. The van der Waals surface area contributed by atoms with Crippen LogP contribution in [0.15, 0.2) is 71.4 Å². The SMILES string of the molecule is Cc1ccccc1CNC(=O)[C@H]1N(C(=O)[C@@H](O)[C@H](Cc2ccccc2)NC(=O)Cc2ccsc2)CSC1(C)C. The molecule has 1 aliphatic heterocycles. The molecule has 0 radical (unpaired) electrons. The number of hydrogen-bond donors (Lipinski definition) is 3. The maximum atomic E-state index is 13.7. The number of aryl methyl sites for hydroxylation is 1. The predicted molar refractivity (Wildman–Crippen MR) is 156 cm³/mol. The number of carbonyl (C=O) groups is 3. The van der Waals surface area contributed by atoms with E-state index in [0.717, 1.165) is 22.3 Å². The largest absolute Gasteiger partial charge is 0.381 e. The summed E-state index contributed by atoms with van der Waals surface area (Å²) in [4.78, 5) is 41.5. The van der Waals surface area contributed by atoms with Crippen LogP contribution in [0.3, 0.4) is 0 Å². The number of nitrogens with zero attached hydrogens (tertiary/aromatic N) is 1. The van der Waals surface area contributed by atoms with E-state index < -0.39 is 28.8 Å². The monoisotopic (exact) mass is 565 g/mol. The summed E-state index contributed by atoms with van der Waals surface area (Å²) < 4.78 is -0.553. The van der Waals surface area contributed by atoms with Crippen LogP contribution >= 0.6 is 23.1 Å². The first-order chi connectivity index (χ1) is 18.7. The Morgan fingerprint density at radius 2 is 1.77 bits per heavy atom. The highest BCUT2D eigenvalue weighted by Crippen LogP contribution is 2.40. The molecule has 0 aliphatic carbocycles. The topological polar surface area (TPSA) is 98.7 Å².